The van der Waals surface area contributed by atoms with Crippen molar-refractivity contribution in [2.24, 2.45) is 0 Å². The van der Waals surface area contributed by atoms with Gasteiger partial charge in [0.15, 0.2) is 11.6 Å². The molecule has 2 aromatic heterocycles. The van der Waals surface area contributed by atoms with Crippen LogP contribution < -0.4 is 9.80 Å². The van der Waals surface area contributed by atoms with Crippen LogP contribution in [0.2, 0.25) is 0 Å². The highest BCUT2D eigenvalue weighted by atomic mass is 15.2. The Morgan fingerprint density at radius 1 is 0.325 bits per heavy atom. The molecule has 0 bridgehead atoms. The summed E-state index contributed by atoms with van der Waals surface area (Å²) in [7, 11) is 0. The molecule has 0 spiro atoms. The fourth-order valence-electron chi connectivity index (χ4n) is 12.5. The normalized spacial score (nSPS) is 14.7. The second-order valence-corrected chi connectivity index (χ2v) is 22.7. The van der Waals surface area contributed by atoms with E-state index in [-0.39, 0.29) is 16.2 Å². The highest BCUT2D eigenvalue weighted by Gasteiger charge is 2.39. The van der Waals surface area contributed by atoms with Gasteiger partial charge in [0.25, 0.3) is 0 Å². The first kappa shape index (κ1) is 47.7. The molecule has 13 rings (SSSR count). The first-order valence-electron chi connectivity index (χ1n) is 26.7. The monoisotopic (exact) mass is 996 g/mol. The molecular weight excluding hydrogens is 937 g/mol. The van der Waals surface area contributed by atoms with Crippen molar-refractivity contribution in [3.63, 3.8) is 0 Å². The van der Waals surface area contributed by atoms with Crippen molar-refractivity contribution in [3.05, 3.63) is 262 Å². The maximum Gasteiger partial charge on any atom is 0.156 e. The quantitative estimate of drug-likeness (QED) is 0.127. The van der Waals surface area contributed by atoms with Crippen LogP contribution in [-0.4, -0.2) is 19.9 Å². The van der Waals surface area contributed by atoms with E-state index < -0.39 is 0 Å². The first-order valence-corrected chi connectivity index (χ1v) is 26.7. The third-order valence-corrected chi connectivity index (χ3v) is 16.6. The standard InChI is InChI=1S/C71H60N6/c1-45-11-9-13-51(35-45)76(67-43-72-31-33-74-67)53-23-29-59-57-27-21-49(39-63(57)70(5,6)65(59)41-53)17-15-47-19-25-55-56-26-20-48(38-62(56)69(3,4)61(55)37-47)16-18-50-22-28-58-60-30-24-54(42-66(60)71(7,8)64(58)40-50)77(68-44-73-32-34-75-68)52-14-10-12-46(2)36-52/h9-44H,1-8H3. The summed E-state index contributed by atoms with van der Waals surface area (Å²) >= 11 is 0. The minimum absolute atomic E-state index is 0.160. The smallest absolute Gasteiger partial charge is 0.156 e. The number of benzene rings is 8. The van der Waals surface area contributed by atoms with E-state index in [0.29, 0.717) is 0 Å². The van der Waals surface area contributed by atoms with Crippen molar-refractivity contribution in [2.45, 2.75) is 71.6 Å². The van der Waals surface area contributed by atoms with E-state index in [0.717, 1.165) is 34.4 Å². The number of nitrogens with zero attached hydrogens (tertiary/aromatic N) is 6. The molecule has 3 aliphatic carbocycles. The average Bonchev–Trinajstić information content (AvgIpc) is 4.16. The summed E-state index contributed by atoms with van der Waals surface area (Å²) in [5, 5.41) is 0. The molecule has 0 aliphatic heterocycles. The Morgan fingerprint density at radius 2 is 0.623 bits per heavy atom. The van der Waals surface area contributed by atoms with Crippen LogP contribution in [0.4, 0.5) is 34.4 Å². The zero-order valence-corrected chi connectivity index (χ0v) is 45.0. The average molecular weight is 997 g/mol. The number of rotatable bonds is 10. The maximum absolute atomic E-state index is 4.73. The Balaban J connectivity index is 0.732. The minimum atomic E-state index is -0.204. The van der Waals surface area contributed by atoms with Crippen LogP contribution in [0.1, 0.15) is 108 Å². The molecule has 0 radical (unpaired) electrons. The third kappa shape index (κ3) is 8.10. The molecule has 0 N–H and O–H groups in total. The largest absolute Gasteiger partial charge is 0.294 e. The van der Waals surface area contributed by atoms with Crippen LogP contribution in [0.5, 0.6) is 0 Å². The second kappa shape index (κ2) is 18.1. The van der Waals surface area contributed by atoms with Gasteiger partial charge in [0.1, 0.15) is 0 Å². The molecule has 0 unspecified atom stereocenters. The van der Waals surface area contributed by atoms with Gasteiger partial charge in [0.2, 0.25) is 0 Å². The van der Waals surface area contributed by atoms with Gasteiger partial charge in [-0.2, -0.15) is 0 Å². The molecule has 0 atom stereocenters. The van der Waals surface area contributed by atoms with E-state index >= 15 is 0 Å². The molecule has 77 heavy (non-hydrogen) atoms. The summed E-state index contributed by atoms with van der Waals surface area (Å²) in [6.07, 6.45) is 19.7. The van der Waals surface area contributed by atoms with Gasteiger partial charge in [0.05, 0.1) is 12.4 Å². The summed E-state index contributed by atoms with van der Waals surface area (Å²) in [5.74, 6) is 1.58. The highest BCUT2D eigenvalue weighted by molar-refractivity contribution is 5.90. The van der Waals surface area contributed by atoms with Crippen molar-refractivity contribution in [1.82, 2.24) is 19.9 Å². The van der Waals surface area contributed by atoms with E-state index in [9.17, 15) is 0 Å². The lowest BCUT2D eigenvalue weighted by Crippen LogP contribution is -2.17. The molecule has 0 fully saturated rings. The number of anilines is 6. The van der Waals surface area contributed by atoms with Crippen LogP contribution in [0.15, 0.2) is 195 Å². The predicted octanol–water partition coefficient (Wildman–Crippen LogP) is 18.1. The van der Waals surface area contributed by atoms with Crippen LogP contribution in [-0.2, 0) is 16.2 Å². The van der Waals surface area contributed by atoms with Crippen LogP contribution in [0.3, 0.4) is 0 Å². The molecule has 8 aromatic carbocycles. The van der Waals surface area contributed by atoms with Gasteiger partial charge < -0.3 is 0 Å². The summed E-state index contributed by atoms with van der Waals surface area (Å²) in [6, 6.07) is 58.7. The summed E-state index contributed by atoms with van der Waals surface area (Å²) in [5.41, 5.74) is 26.6. The molecule has 10 aromatic rings. The molecule has 3 aliphatic rings. The van der Waals surface area contributed by atoms with Gasteiger partial charge in [-0.15, -0.1) is 0 Å². The molecular formula is C71H60N6. The molecule has 6 heteroatoms. The van der Waals surface area contributed by atoms with Gasteiger partial charge in [0, 0.05) is 63.8 Å². The van der Waals surface area contributed by atoms with Gasteiger partial charge in [-0.1, -0.05) is 175 Å². The van der Waals surface area contributed by atoms with Crippen LogP contribution in [0, 0.1) is 13.8 Å². The summed E-state index contributed by atoms with van der Waals surface area (Å²) in [6.45, 7) is 18.4. The zero-order valence-electron chi connectivity index (χ0n) is 45.0. The number of aryl methyl sites for hydroxylation is 2. The van der Waals surface area contributed by atoms with Crippen LogP contribution in [0.25, 0.3) is 57.7 Å². The van der Waals surface area contributed by atoms with E-state index in [4.69, 9.17) is 9.97 Å². The number of aromatic nitrogens is 4. The molecule has 374 valence electrons. The first-order chi connectivity index (χ1) is 37.2. The predicted molar refractivity (Wildman–Crippen MR) is 320 cm³/mol. The van der Waals surface area contributed by atoms with Gasteiger partial charge in [-0.25, -0.2) is 9.97 Å². The van der Waals surface area contributed by atoms with Crippen molar-refractivity contribution in [2.75, 3.05) is 9.80 Å². The minimum Gasteiger partial charge on any atom is -0.294 e. The topological polar surface area (TPSA) is 58.0 Å². The highest BCUT2D eigenvalue weighted by Crippen LogP contribution is 2.54. The lowest BCUT2D eigenvalue weighted by Gasteiger charge is -2.27. The molecule has 0 saturated carbocycles. The van der Waals surface area contributed by atoms with E-state index in [1.807, 2.05) is 12.4 Å². The van der Waals surface area contributed by atoms with E-state index in [2.05, 4.69) is 257 Å². The molecule has 6 nitrogen and oxygen atoms in total. The Kier molecular flexibility index (Phi) is 11.2. The Bertz CT molecular complexity index is 3790. The van der Waals surface area contributed by atoms with E-state index in [1.165, 1.54) is 100 Å². The van der Waals surface area contributed by atoms with Crippen molar-refractivity contribution in [3.8, 4) is 33.4 Å². The van der Waals surface area contributed by atoms with Gasteiger partial charge >= 0.3 is 0 Å². The summed E-state index contributed by atoms with van der Waals surface area (Å²) in [4.78, 5) is 22.7. The Hall–Kier alpha value is -9.00. The number of hydrogen-bond acceptors (Lipinski definition) is 6. The number of hydrogen-bond donors (Lipinski definition) is 0. The molecule has 0 saturated heterocycles. The molecule has 0 amide bonds. The van der Waals surface area contributed by atoms with Crippen molar-refractivity contribution < 1.29 is 0 Å². The second-order valence-electron chi connectivity index (χ2n) is 22.7. The fourth-order valence-corrected chi connectivity index (χ4v) is 12.5. The molecule has 2 heterocycles. The lowest BCUT2D eigenvalue weighted by molar-refractivity contribution is 0.660. The van der Waals surface area contributed by atoms with Gasteiger partial charge in [-0.3, -0.25) is 19.8 Å². The SMILES string of the molecule is Cc1cccc(N(c2ccc3c(c2)C(C)(C)c2cc(C=Cc4ccc5c(c4)C(C)(C)c4cc(C=Cc6ccc7c(c6)C(C)(C)c6cc(N(c8cccc(C)c8)c8cnccn8)ccc6-7)ccc4-5)ccc2-3)c2cnccn2)c1. The van der Waals surface area contributed by atoms with Crippen LogP contribution >= 0.6 is 0 Å². The van der Waals surface area contributed by atoms with E-state index in [1.54, 1.807) is 24.8 Å². The number of fused-ring (bicyclic) bond motifs is 9. The van der Waals surface area contributed by atoms with Crippen molar-refractivity contribution >= 4 is 58.7 Å². The Labute approximate surface area is 452 Å². The lowest BCUT2D eigenvalue weighted by atomic mass is 9.81. The maximum atomic E-state index is 4.73. The third-order valence-electron chi connectivity index (χ3n) is 16.6. The summed E-state index contributed by atoms with van der Waals surface area (Å²) < 4.78 is 0. The van der Waals surface area contributed by atoms with Gasteiger partial charge in [-0.05, 0) is 163 Å². The zero-order chi connectivity index (χ0) is 52.8. The Morgan fingerprint density at radius 3 is 0.922 bits per heavy atom. The fraction of sp³-hybridized carbons (Fsp3) is 0.155. The van der Waals surface area contributed by atoms with Crippen molar-refractivity contribution in [1.29, 1.82) is 0 Å².